The fourth-order valence-electron chi connectivity index (χ4n) is 2.63. The van der Waals surface area contributed by atoms with E-state index < -0.39 is 0 Å². The number of rotatable bonds is 9. The monoisotopic (exact) mass is 241 g/mol. The minimum absolute atomic E-state index is 0.542. The zero-order chi connectivity index (χ0) is 12.3. The van der Waals surface area contributed by atoms with E-state index in [9.17, 15) is 0 Å². The summed E-state index contributed by atoms with van der Waals surface area (Å²) in [5, 5.41) is 3.47. The molecule has 2 heteroatoms. The van der Waals surface area contributed by atoms with Gasteiger partial charge in [-0.1, -0.05) is 46.0 Å². The third-order valence-electron chi connectivity index (χ3n) is 3.73. The molecule has 0 amide bonds. The van der Waals surface area contributed by atoms with Crippen molar-refractivity contribution in [2.45, 2.75) is 71.3 Å². The number of unbranched alkanes of at least 4 members (excludes halogenated alkanes) is 3. The summed E-state index contributed by atoms with van der Waals surface area (Å²) in [5.41, 5.74) is 0. The number of hydrogen-bond donors (Lipinski definition) is 1. The Bertz CT molecular complexity index is 172. The highest BCUT2D eigenvalue weighted by atomic mass is 16.5. The van der Waals surface area contributed by atoms with Gasteiger partial charge in [0.25, 0.3) is 0 Å². The highest BCUT2D eigenvalue weighted by molar-refractivity contribution is 4.70. The predicted octanol–water partition coefficient (Wildman–Crippen LogP) is 3.75. The predicted molar refractivity (Wildman–Crippen MR) is 74.4 cm³/mol. The first-order valence-electron chi connectivity index (χ1n) is 7.65. The normalized spacial score (nSPS) is 25.1. The van der Waals surface area contributed by atoms with Crippen LogP contribution < -0.4 is 5.32 Å². The molecule has 0 aliphatic heterocycles. The Morgan fingerprint density at radius 1 is 1.12 bits per heavy atom. The zero-order valence-electron chi connectivity index (χ0n) is 11.8. The van der Waals surface area contributed by atoms with Crippen molar-refractivity contribution in [3.05, 3.63) is 0 Å². The van der Waals surface area contributed by atoms with Gasteiger partial charge in [0, 0.05) is 6.54 Å². The van der Waals surface area contributed by atoms with E-state index in [-0.39, 0.29) is 0 Å². The van der Waals surface area contributed by atoms with E-state index >= 15 is 0 Å². The lowest BCUT2D eigenvalue weighted by Crippen LogP contribution is -2.27. The van der Waals surface area contributed by atoms with Crippen molar-refractivity contribution in [2.24, 2.45) is 5.92 Å². The zero-order valence-corrected chi connectivity index (χ0v) is 11.8. The van der Waals surface area contributed by atoms with Crippen molar-refractivity contribution in [1.82, 2.24) is 5.32 Å². The van der Waals surface area contributed by atoms with Gasteiger partial charge in [-0.25, -0.2) is 0 Å². The van der Waals surface area contributed by atoms with Crippen LogP contribution in [0, 0.1) is 5.92 Å². The molecule has 17 heavy (non-hydrogen) atoms. The Labute approximate surface area is 108 Å². The molecule has 0 heterocycles. The lowest BCUT2D eigenvalue weighted by atomic mass is 9.89. The van der Waals surface area contributed by atoms with Crippen LogP contribution in [0.3, 0.4) is 0 Å². The largest absolute Gasteiger partial charge is 0.377 e. The molecule has 1 aliphatic rings. The Kier molecular flexibility index (Phi) is 8.72. The van der Waals surface area contributed by atoms with Crippen LogP contribution in [0.25, 0.3) is 0 Å². The van der Waals surface area contributed by atoms with Gasteiger partial charge in [0.15, 0.2) is 0 Å². The first-order valence-corrected chi connectivity index (χ1v) is 7.65. The van der Waals surface area contributed by atoms with E-state index in [1.807, 2.05) is 0 Å². The third kappa shape index (κ3) is 7.77. The molecular formula is C15H31NO. The van der Waals surface area contributed by atoms with E-state index in [0.717, 1.165) is 25.6 Å². The molecule has 1 rings (SSSR count). The van der Waals surface area contributed by atoms with Gasteiger partial charge in [-0.05, 0) is 31.7 Å². The van der Waals surface area contributed by atoms with Crippen molar-refractivity contribution in [3.63, 3.8) is 0 Å². The van der Waals surface area contributed by atoms with Gasteiger partial charge >= 0.3 is 0 Å². The lowest BCUT2D eigenvalue weighted by molar-refractivity contribution is 0.0174. The maximum Gasteiger partial charge on any atom is 0.0594 e. The maximum atomic E-state index is 5.92. The summed E-state index contributed by atoms with van der Waals surface area (Å²) in [6.45, 7) is 7.68. The number of ether oxygens (including phenoxy) is 1. The fourth-order valence-corrected chi connectivity index (χ4v) is 2.63. The molecule has 0 aromatic carbocycles. The molecule has 2 atom stereocenters. The Hall–Kier alpha value is -0.0800. The van der Waals surface area contributed by atoms with Crippen LogP contribution in [0.4, 0.5) is 0 Å². The summed E-state index contributed by atoms with van der Waals surface area (Å²) >= 11 is 0. The van der Waals surface area contributed by atoms with Crippen LogP contribution in [0.1, 0.15) is 65.2 Å². The molecular weight excluding hydrogens is 210 g/mol. The van der Waals surface area contributed by atoms with Crippen molar-refractivity contribution < 1.29 is 4.74 Å². The number of nitrogens with one attached hydrogen (secondary N) is 1. The summed E-state index contributed by atoms with van der Waals surface area (Å²) < 4.78 is 5.92. The molecule has 0 saturated heterocycles. The second-order valence-corrected chi connectivity index (χ2v) is 5.58. The van der Waals surface area contributed by atoms with Crippen LogP contribution in [0.5, 0.6) is 0 Å². The number of hydrogen-bond acceptors (Lipinski definition) is 2. The second-order valence-electron chi connectivity index (χ2n) is 5.58. The first-order chi connectivity index (χ1) is 8.33. The highest BCUT2D eigenvalue weighted by Gasteiger charge is 2.18. The molecule has 2 nitrogen and oxygen atoms in total. The lowest BCUT2D eigenvalue weighted by Gasteiger charge is -2.26. The molecule has 1 N–H and O–H groups in total. The Morgan fingerprint density at radius 2 is 2.00 bits per heavy atom. The van der Waals surface area contributed by atoms with Crippen LogP contribution in [0.2, 0.25) is 0 Å². The molecule has 1 aliphatic carbocycles. The van der Waals surface area contributed by atoms with Gasteiger partial charge in [0.1, 0.15) is 0 Å². The second kappa shape index (κ2) is 9.90. The smallest absolute Gasteiger partial charge is 0.0594 e. The van der Waals surface area contributed by atoms with Gasteiger partial charge in [-0.2, -0.15) is 0 Å². The molecule has 2 unspecified atom stereocenters. The molecule has 0 bridgehead atoms. The highest BCUT2D eigenvalue weighted by Crippen LogP contribution is 2.25. The average Bonchev–Trinajstić information content (AvgIpc) is 2.33. The van der Waals surface area contributed by atoms with Crippen molar-refractivity contribution >= 4 is 0 Å². The van der Waals surface area contributed by atoms with Crippen molar-refractivity contribution in [3.8, 4) is 0 Å². The molecule has 102 valence electrons. The van der Waals surface area contributed by atoms with Gasteiger partial charge < -0.3 is 10.1 Å². The summed E-state index contributed by atoms with van der Waals surface area (Å²) in [4.78, 5) is 0. The van der Waals surface area contributed by atoms with E-state index in [0.29, 0.717) is 6.10 Å². The van der Waals surface area contributed by atoms with Crippen LogP contribution in [-0.2, 0) is 4.74 Å². The summed E-state index contributed by atoms with van der Waals surface area (Å²) in [6.07, 6.45) is 11.2. The molecule has 0 spiro atoms. The summed E-state index contributed by atoms with van der Waals surface area (Å²) in [7, 11) is 0. The molecule has 0 aromatic heterocycles. The van der Waals surface area contributed by atoms with Crippen molar-refractivity contribution in [2.75, 3.05) is 19.7 Å². The van der Waals surface area contributed by atoms with E-state index in [2.05, 4.69) is 19.2 Å². The van der Waals surface area contributed by atoms with E-state index in [4.69, 9.17) is 4.74 Å². The average molecular weight is 241 g/mol. The minimum atomic E-state index is 0.542. The molecule has 0 aromatic rings. The molecule has 0 radical (unpaired) electrons. The van der Waals surface area contributed by atoms with Gasteiger partial charge in [-0.3, -0.25) is 0 Å². The van der Waals surface area contributed by atoms with Gasteiger partial charge in [-0.15, -0.1) is 0 Å². The van der Waals surface area contributed by atoms with Gasteiger partial charge in [0.2, 0.25) is 0 Å². The first kappa shape index (κ1) is 15.0. The SMILES string of the molecule is CCCCCCNCCOC1CCCC(C)C1. The fraction of sp³-hybridized carbons (Fsp3) is 1.00. The molecule has 1 fully saturated rings. The molecule has 1 saturated carbocycles. The topological polar surface area (TPSA) is 21.3 Å². The Balaban J connectivity index is 1.83. The van der Waals surface area contributed by atoms with E-state index in [1.165, 1.54) is 51.4 Å². The quantitative estimate of drug-likeness (QED) is 0.621. The third-order valence-corrected chi connectivity index (χ3v) is 3.73. The maximum absolute atomic E-state index is 5.92. The van der Waals surface area contributed by atoms with E-state index in [1.54, 1.807) is 0 Å². The van der Waals surface area contributed by atoms with Crippen LogP contribution in [-0.4, -0.2) is 25.8 Å². The summed E-state index contributed by atoms with van der Waals surface area (Å²) in [5.74, 6) is 0.871. The summed E-state index contributed by atoms with van der Waals surface area (Å²) in [6, 6.07) is 0. The Morgan fingerprint density at radius 3 is 2.76 bits per heavy atom. The minimum Gasteiger partial charge on any atom is -0.377 e. The van der Waals surface area contributed by atoms with Gasteiger partial charge in [0.05, 0.1) is 12.7 Å². The van der Waals surface area contributed by atoms with Crippen molar-refractivity contribution in [1.29, 1.82) is 0 Å². The van der Waals surface area contributed by atoms with Crippen LogP contribution >= 0.6 is 0 Å². The van der Waals surface area contributed by atoms with Crippen LogP contribution in [0.15, 0.2) is 0 Å². The standard InChI is InChI=1S/C15H31NO/c1-3-4-5-6-10-16-11-12-17-15-9-7-8-14(2)13-15/h14-16H,3-13H2,1-2H3.